The maximum absolute atomic E-state index is 13.9. The molecule has 3 aliphatic rings. The average molecular weight is 303 g/mol. The van der Waals surface area contributed by atoms with E-state index in [1.807, 2.05) is 4.90 Å². The molecule has 0 radical (unpaired) electrons. The van der Waals surface area contributed by atoms with Gasteiger partial charge >= 0.3 is 0 Å². The molecule has 116 valence electrons. The molecule has 2 atom stereocenters. The summed E-state index contributed by atoms with van der Waals surface area (Å²) in [4.78, 5) is 14.5. The van der Waals surface area contributed by atoms with Gasteiger partial charge in [0.05, 0.1) is 5.56 Å². The second-order valence-electron chi connectivity index (χ2n) is 6.79. The predicted molar refractivity (Wildman–Crippen MR) is 79.4 cm³/mol. The van der Waals surface area contributed by atoms with Gasteiger partial charge in [0, 0.05) is 18.2 Å². The zero-order valence-corrected chi connectivity index (χ0v) is 12.4. The number of fused-ring (bicyclic) bond motifs is 2. The molecule has 1 aliphatic carbocycles. The number of carbonyl (C=O) groups is 1. The molecular weight excluding hydrogens is 284 g/mol. The molecule has 2 bridgehead atoms. The molecule has 1 saturated carbocycles. The quantitative estimate of drug-likeness (QED) is 0.754. The maximum Gasteiger partial charge on any atom is 0.257 e. The summed E-state index contributed by atoms with van der Waals surface area (Å²) < 4.78 is 26.9. The van der Waals surface area contributed by atoms with E-state index in [0.717, 1.165) is 43.7 Å². The van der Waals surface area contributed by atoms with Crippen LogP contribution in [0.25, 0.3) is 0 Å². The number of benzene rings is 1. The zero-order valence-electron chi connectivity index (χ0n) is 12.4. The number of nitrogens with zero attached hydrogens (tertiary/aromatic N) is 1. The van der Waals surface area contributed by atoms with Crippen LogP contribution in [-0.4, -0.2) is 22.9 Å². The smallest absolute Gasteiger partial charge is 0.257 e. The van der Waals surface area contributed by atoms with Gasteiger partial charge in [0.2, 0.25) is 0 Å². The molecule has 1 aromatic rings. The van der Waals surface area contributed by atoms with Crippen molar-refractivity contribution in [3.63, 3.8) is 0 Å². The molecule has 0 spiro atoms. The Morgan fingerprint density at radius 3 is 2.36 bits per heavy atom. The third-order valence-electron chi connectivity index (χ3n) is 5.10. The minimum absolute atomic E-state index is 0.00655. The monoisotopic (exact) mass is 303 g/mol. The van der Waals surface area contributed by atoms with Crippen molar-refractivity contribution in [2.24, 2.45) is 5.92 Å². The minimum Gasteiger partial charge on any atom is -0.332 e. The standard InChI is InChI=1S/C18H19F2NO/c19-13-3-6-16(17(20)10-13)18(22)21-14-4-5-15(21)9-12(8-14)7-11-1-2-11/h3,6-7,10-11,14-15H,1-2,4-5,8-9H2. The van der Waals surface area contributed by atoms with Gasteiger partial charge in [0.15, 0.2) is 0 Å². The number of hydrogen-bond donors (Lipinski definition) is 0. The number of hydrogen-bond acceptors (Lipinski definition) is 1. The van der Waals surface area contributed by atoms with Crippen molar-refractivity contribution in [1.29, 1.82) is 0 Å². The largest absolute Gasteiger partial charge is 0.332 e. The number of amides is 1. The number of piperidine rings is 1. The topological polar surface area (TPSA) is 20.3 Å². The maximum atomic E-state index is 13.9. The lowest BCUT2D eigenvalue weighted by atomic mass is 9.94. The van der Waals surface area contributed by atoms with E-state index in [0.29, 0.717) is 0 Å². The van der Waals surface area contributed by atoms with E-state index in [-0.39, 0.29) is 23.6 Å². The highest BCUT2D eigenvalue weighted by atomic mass is 19.1. The minimum atomic E-state index is -0.760. The first-order chi connectivity index (χ1) is 10.6. The summed E-state index contributed by atoms with van der Waals surface area (Å²) >= 11 is 0. The highest BCUT2D eigenvalue weighted by molar-refractivity contribution is 5.95. The summed E-state index contributed by atoms with van der Waals surface area (Å²) in [5, 5.41) is 0. The van der Waals surface area contributed by atoms with Crippen molar-refractivity contribution >= 4 is 5.91 Å². The summed E-state index contributed by atoms with van der Waals surface area (Å²) in [5.41, 5.74) is 1.46. The van der Waals surface area contributed by atoms with Crippen LogP contribution in [-0.2, 0) is 0 Å². The molecule has 2 nitrogen and oxygen atoms in total. The molecule has 0 N–H and O–H groups in total. The summed E-state index contributed by atoms with van der Waals surface area (Å²) in [6, 6.07) is 3.57. The SMILES string of the molecule is O=C(c1ccc(F)cc1F)N1C2CCC1CC(=CC1CC1)C2. The van der Waals surface area contributed by atoms with Gasteiger partial charge in [0.25, 0.3) is 5.91 Å². The van der Waals surface area contributed by atoms with E-state index in [4.69, 9.17) is 0 Å². The molecule has 1 aromatic carbocycles. The van der Waals surface area contributed by atoms with Gasteiger partial charge in [-0.3, -0.25) is 4.79 Å². The lowest BCUT2D eigenvalue weighted by Crippen LogP contribution is -2.45. The van der Waals surface area contributed by atoms with Crippen LogP contribution in [0.1, 0.15) is 48.9 Å². The molecule has 22 heavy (non-hydrogen) atoms. The molecule has 1 amide bonds. The van der Waals surface area contributed by atoms with Crippen LogP contribution in [0.5, 0.6) is 0 Å². The van der Waals surface area contributed by atoms with Gasteiger partial charge in [-0.1, -0.05) is 11.6 Å². The van der Waals surface area contributed by atoms with E-state index < -0.39 is 11.6 Å². The van der Waals surface area contributed by atoms with Gasteiger partial charge in [-0.15, -0.1) is 0 Å². The first-order valence-corrected chi connectivity index (χ1v) is 8.09. The average Bonchev–Trinajstić information content (AvgIpc) is 3.23. The van der Waals surface area contributed by atoms with E-state index in [1.165, 1.54) is 24.5 Å². The fourth-order valence-electron chi connectivity index (χ4n) is 3.92. The fraction of sp³-hybridized carbons (Fsp3) is 0.500. The van der Waals surface area contributed by atoms with Gasteiger partial charge in [-0.05, 0) is 56.6 Å². The second kappa shape index (κ2) is 5.18. The molecule has 2 saturated heterocycles. The number of allylic oxidation sites excluding steroid dienone is 1. The Bertz CT molecular complexity index is 634. The molecule has 2 heterocycles. The lowest BCUT2D eigenvalue weighted by Gasteiger charge is -2.36. The first kappa shape index (κ1) is 13.9. The Morgan fingerprint density at radius 2 is 1.77 bits per heavy atom. The summed E-state index contributed by atoms with van der Waals surface area (Å²) in [7, 11) is 0. The van der Waals surface area contributed by atoms with Crippen molar-refractivity contribution in [2.75, 3.05) is 0 Å². The van der Waals surface area contributed by atoms with Crippen LogP contribution in [0.2, 0.25) is 0 Å². The van der Waals surface area contributed by atoms with E-state index in [2.05, 4.69) is 6.08 Å². The summed E-state index contributed by atoms with van der Waals surface area (Å²) in [6.07, 6.45) is 8.79. The second-order valence-corrected chi connectivity index (χ2v) is 6.79. The summed E-state index contributed by atoms with van der Waals surface area (Å²) in [6.45, 7) is 0. The first-order valence-electron chi connectivity index (χ1n) is 8.09. The normalized spacial score (nSPS) is 27.2. The van der Waals surface area contributed by atoms with E-state index in [1.54, 1.807) is 0 Å². The number of carbonyl (C=O) groups excluding carboxylic acids is 1. The van der Waals surface area contributed by atoms with Gasteiger partial charge in [-0.2, -0.15) is 0 Å². The van der Waals surface area contributed by atoms with Crippen LogP contribution >= 0.6 is 0 Å². The van der Waals surface area contributed by atoms with Gasteiger partial charge in [-0.25, -0.2) is 8.78 Å². The predicted octanol–water partition coefficient (Wildman–Crippen LogP) is 4.07. The number of halogens is 2. The van der Waals surface area contributed by atoms with Gasteiger partial charge in [0.1, 0.15) is 11.6 Å². The molecule has 4 rings (SSSR count). The Hall–Kier alpha value is -1.71. The highest BCUT2D eigenvalue weighted by Crippen LogP contribution is 2.42. The van der Waals surface area contributed by atoms with Gasteiger partial charge < -0.3 is 4.90 Å². The number of rotatable bonds is 2. The Kier molecular flexibility index (Phi) is 3.28. The highest BCUT2D eigenvalue weighted by Gasteiger charge is 2.42. The van der Waals surface area contributed by atoms with E-state index in [9.17, 15) is 13.6 Å². The molecule has 2 aliphatic heterocycles. The van der Waals surface area contributed by atoms with Crippen molar-refractivity contribution in [3.8, 4) is 0 Å². The van der Waals surface area contributed by atoms with Crippen LogP contribution in [0, 0.1) is 17.6 Å². The van der Waals surface area contributed by atoms with Crippen molar-refractivity contribution in [2.45, 2.75) is 50.6 Å². The van der Waals surface area contributed by atoms with Crippen LogP contribution in [0.4, 0.5) is 8.78 Å². The Balaban J connectivity index is 1.57. The third kappa shape index (κ3) is 2.44. The molecule has 4 heteroatoms. The molecular formula is C18H19F2NO. The zero-order chi connectivity index (χ0) is 15.3. The van der Waals surface area contributed by atoms with Crippen LogP contribution < -0.4 is 0 Å². The Labute approximate surface area is 128 Å². The van der Waals surface area contributed by atoms with Crippen molar-refractivity contribution < 1.29 is 13.6 Å². The fourth-order valence-corrected chi connectivity index (χ4v) is 3.92. The van der Waals surface area contributed by atoms with E-state index >= 15 is 0 Å². The Morgan fingerprint density at radius 1 is 1.09 bits per heavy atom. The van der Waals surface area contributed by atoms with Crippen molar-refractivity contribution in [1.82, 2.24) is 4.90 Å². The molecule has 3 fully saturated rings. The molecule has 0 aromatic heterocycles. The lowest BCUT2D eigenvalue weighted by molar-refractivity contribution is 0.0629. The molecule has 2 unspecified atom stereocenters. The van der Waals surface area contributed by atoms with Crippen LogP contribution in [0.15, 0.2) is 29.8 Å². The third-order valence-corrected chi connectivity index (χ3v) is 5.10. The summed E-state index contributed by atoms with van der Waals surface area (Å²) in [5.74, 6) is -0.935. The van der Waals surface area contributed by atoms with Crippen LogP contribution in [0.3, 0.4) is 0 Å². The van der Waals surface area contributed by atoms with Crippen molar-refractivity contribution in [3.05, 3.63) is 47.0 Å².